The Morgan fingerprint density at radius 3 is 2.89 bits per heavy atom. The third-order valence-electron chi connectivity index (χ3n) is 3.28. The zero-order valence-electron chi connectivity index (χ0n) is 10.7. The Morgan fingerprint density at radius 1 is 1.53 bits per heavy atom. The number of hydrogen-bond acceptors (Lipinski definition) is 5. The maximum absolute atomic E-state index is 12.4. The van der Waals surface area contributed by atoms with Crippen molar-refractivity contribution in [1.29, 1.82) is 5.26 Å². The molecule has 1 aromatic rings. The number of rotatable bonds is 3. The van der Waals surface area contributed by atoms with Crippen LogP contribution >= 0.6 is 0 Å². The average Bonchev–Trinajstić information content (AvgIpc) is 2.47. The molecule has 1 fully saturated rings. The van der Waals surface area contributed by atoms with Crippen molar-refractivity contribution in [2.24, 2.45) is 0 Å². The molecule has 1 aliphatic rings. The molecular formula is C12H16N4O2S. The van der Waals surface area contributed by atoms with Gasteiger partial charge in [-0.15, -0.1) is 0 Å². The van der Waals surface area contributed by atoms with E-state index in [9.17, 15) is 8.42 Å². The highest BCUT2D eigenvalue weighted by Crippen LogP contribution is 2.20. The van der Waals surface area contributed by atoms with Gasteiger partial charge in [0.25, 0.3) is 0 Å². The molecule has 0 aromatic carbocycles. The van der Waals surface area contributed by atoms with Crippen molar-refractivity contribution in [2.45, 2.75) is 23.8 Å². The highest BCUT2D eigenvalue weighted by molar-refractivity contribution is 7.89. The quantitative estimate of drug-likeness (QED) is 0.862. The monoisotopic (exact) mass is 280 g/mol. The summed E-state index contributed by atoms with van der Waals surface area (Å²) in [7, 11) is -1.67. The fourth-order valence-electron chi connectivity index (χ4n) is 2.14. The first-order chi connectivity index (χ1) is 9.07. The van der Waals surface area contributed by atoms with Crippen LogP contribution in [0.5, 0.6) is 0 Å². The molecule has 1 atom stereocenters. The van der Waals surface area contributed by atoms with E-state index in [1.54, 1.807) is 0 Å². The lowest BCUT2D eigenvalue weighted by molar-refractivity contribution is 0.293. The molecule has 0 saturated carbocycles. The Morgan fingerprint density at radius 2 is 2.32 bits per heavy atom. The molecule has 7 heteroatoms. The minimum atomic E-state index is -3.51. The van der Waals surface area contributed by atoms with E-state index in [1.165, 1.54) is 22.6 Å². The molecule has 1 unspecified atom stereocenters. The van der Waals surface area contributed by atoms with Crippen LogP contribution in [0.2, 0.25) is 0 Å². The third-order valence-corrected chi connectivity index (χ3v) is 5.13. The lowest BCUT2D eigenvalue weighted by Crippen LogP contribution is -2.46. The van der Waals surface area contributed by atoms with Crippen LogP contribution in [0, 0.1) is 11.3 Å². The maximum atomic E-state index is 12.4. The van der Waals surface area contributed by atoms with E-state index in [4.69, 9.17) is 5.26 Å². The van der Waals surface area contributed by atoms with Crippen molar-refractivity contribution in [3.8, 4) is 6.07 Å². The minimum Gasteiger partial charge on any atom is -0.316 e. The second-order valence-electron chi connectivity index (χ2n) is 4.48. The van der Waals surface area contributed by atoms with Crippen molar-refractivity contribution < 1.29 is 8.42 Å². The predicted octanol–water partition coefficient (Wildman–Crippen LogP) is 0.326. The molecule has 6 nitrogen and oxygen atoms in total. The molecule has 1 aromatic heterocycles. The molecule has 1 aliphatic heterocycles. The van der Waals surface area contributed by atoms with Gasteiger partial charge in [-0.3, -0.25) is 0 Å². The third kappa shape index (κ3) is 2.92. The second kappa shape index (κ2) is 5.65. The molecule has 0 radical (unpaired) electrons. The molecule has 102 valence electrons. The van der Waals surface area contributed by atoms with Crippen LogP contribution < -0.4 is 5.32 Å². The van der Waals surface area contributed by atoms with Crippen LogP contribution in [0.1, 0.15) is 18.5 Å². The molecule has 1 N–H and O–H groups in total. The summed E-state index contributed by atoms with van der Waals surface area (Å²) in [4.78, 5) is 3.96. The van der Waals surface area contributed by atoms with Gasteiger partial charge in [-0.25, -0.2) is 13.4 Å². The molecular weight excluding hydrogens is 264 g/mol. The van der Waals surface area contributed by atoms with Crippen molar-refractivity contribution >= 4 is 10.0 Å². The summed E-state index contributed by atoms with van der Waals surface area (Å²) >= 11 is 0. The van der Waals surface area contributed by atoms with Gasteiger partial charge in [0.2, 0.25) is 10.0 Å². The van der Waals surface area contributed by atoms with E-state index in [-0.39, 0.29) is 16.6 Å². The predicted molar refractivity (Wildman–Crippen MR) is 69.8 cm³/mol. The fraction of sp³-hybridized carbons (Fsp3) is 0.500. The van der Waals surface area contributed by atoms with E-state index in [0.717, 1.165) is 12.8 Å². The van der Waals surface area contributed by atoms with E-state index in [0.29, 0.717) is 13.1 Å². The minimum absolute atomic E-state index is 0.142. The molecule has 0 aliphatic carbocycles. The SMILES string of the molecule is CNC1CCCN(S(=O)(=O)c2ccc(C#N)nc2)C1. The number of hydrogen-bond donors (Lipinski definition) is 1. The Hall–Kier alpha value is -1.49. The van der Waals surface area contributed by atoms with E-state index >= 15 is 0 Å². The normalized spacial score (nSPS) is 20.9. The van der Waals surface area contributed by atoms with Crippen LogP contribution in [0.25, 0.3) is 0 Å². The van der Waals surface area contributed by atoms with Crippen molar-refractivity contribution in [3.63, 3.8) is 0 Å². The van der Waals surface area contributed by atoms with Gasteiger partial charge in [-0.05, 0) is 32.0 Å². The van der Waals surface area contributed by atoms with E-state index in [1.807, 2.05) is 13.1 Å². The summed E-state index contributed by atoms with van der Waals surface area (Å²) in [6, 6.07) is 4.92. The number of aromatic nitrogens is 1. The number of nitriles is 1. The second-order valence-corrected chi connectivity index (χ2v) is 6.42. The first-order valence-electron chi connectivity index (χ1n) is 6.11. The largest absolute Gasteiger partial charge is 0.316 e. The summed E-state index contributed by atoms with van der Waals surface area (Å²) in [5.74, 6) is 0. The van der Waals surface area contributed by atoms with Gasteiger partial charge in [0, 0.05) is 25.3 Å². The summed E-state index contributed by atoms with van der Waals surface area (Å²) in [5.41, 5.74) is 0.214. The van der Waals surface area contributed by atoms with Gasteiger partial charge in [0.1, 0.15) is 16.7 Å². The molecule has 2 heterocycles. The summed E-state index contributed by atoms with van der Waals surface area (Å²) < 4.78 is 26.3. The van der Waals surface area contributed by atoms with Crippen LogP contribution in [0.3, 0.4) is 0 Å². The Balaban J connectivity index is 2.23. The molecule has 0 bridgehead atoms. The van der Waals surface area contributed by atoms with E-state index in [2.05, 4.69) is 10.3 Å². The first kappa shape index (κ1) is 13.9. The molecule has 19 heavy (non-hydrogen) atoms. The van der Waals surface area contributed by atoms with Crippen molar-refractivity contribution in [2.75, 3.05) is 20.1 Å². The Bertz CT molecular complexity index is 577. The van der Waals surface area contributed by atoms with Gasteiger partial charge < -0.3 is 5.32 Å². The summed E-state index contributed by atoms with van der Waals surface area (Å²) in [6.45, 7) is 0.999. The smallest absolute Gasteiger partial charge is 0.244 e. The Labute approximate surface area is 113 Å². The average molecular weight is 280 g/mol. The number of pyridine rings is 1. The lowest BCUT2D eigenvalue weighted by Gasteiger charge is -2.31. The number of piperidine rings is 1. The van der Waals surface area contributed by atoms with Crippen LogP contribution in [0.4, 0.5) is 0 Å². The first-order valence-corrected chi connectivity index (χ1v) is 7.55. The molecule has 0 amide bonds. The lowest BCUT2D eigenvalue weighted by atomic mass is 10.1. The van der Waals surface area contributed by atoms with Gasteiger partial charge in [0.15, 0.2) is 0 Å². The van der Waals surface area contributed by atoms with Crippen LogP contribution in [-0.4, -0.2) is 43.9 Å². The van der Waals surface area contributed by atoms with Gasteiger partial charge >= 0.3 is 0 Å². The Kier molecular flexibility index (Phi) is 4.14. The molecule has 2 rings (SSSR count). The fourth-order valence-corrected chi connectivity index (χ4v) is 3.61. The molecule has 1 saturated heterocycles. The number of nitrogens with one attached hydrogen (secondary N) is 1. The summed E-state index contributed by atoms with van der Waals surface area (Å²) in [6.07, 6.45) is 3.07. The number of nitrogens with zero attached hydrogens (tertiary/aromatic N) is 3. The van der Waals surface area contributed by atoms with E-state index < -0.39 is 10.0 Å². The number of likely N-dealkylation sites (N-methyl/N-ethyl adjacent to an activating group) is 1. The van der Waals surface area contributed by atoms with Gasteiger partial charge in [0.05, 0.1) is 0 Å². The highest BCUT2D eigenvalue weighted by Gasteiger charge is 2.29. The zero-order chi connectivity index (χ0) is 13.9. The number of sulfonamides is 1. The topological polar surface area (TPSA) is 86.1 Å². The summed E-state index contributed by atoms with van der Waals surface area (Å²) in [5, 5.41) is 11.8. The highest BCUT2D eigenvalue weighted by atomic mass is 32.2. The van der Waals surface area contributed by atoms with Crippen LogP contribution in [0.15, 0.2) is 23.2 Å². The van der Waals surface area contributed by atoms with Gasteiger partial charge in [-0.2, -0.15) is 9.57 Å². The maximum Gasteiger partial charge on any atom is 0.244 e. The molecule has 0 spiro atoms. The van der Waals surface area contributed by atoms with Crippen molar-refractivity contribution in [1.82, 2.24) is 14.6 Å². The van der Waals surface area contributed by atoms with Gasteiger partial charge in [-0.1, -0.05) is 0 Å². The van der Waals surface area contributed by atoms with Crippen LogP contribution in [-0.2, 0) is 10.0 Å². The van der Waals surface area contributed by atoms with Crippen molar-refractivity contribution in [3.05, 3.63) is 24.0 Å². The zero-order valence-corrected chi connectivity index (χ0v) is 11.5. The standard InChI is InChI=1S/C12H16N4O2S/c1-14-11-3-2-6-16(9-11)19(17,18)12-5-4-10(7-13)15-8-12/h4-5,8,11,14H,2-3,6,9H2,1H3.